The third kappa shape index (κ3) is 3.19. The zero-order valence-corrected chi connectivity index (χ0v) is 11.9. The van der Waals surface area contributed by atoms with Crippen LogP contribution in [-0.2, 0) is 16.6 Å². The van der Waals surface area contributed by atoms with Crippen LogP contribution < -0.4 is 4.72 Å². The maximum absolute atomic E-state index is 12.2. The molecule has 2 aromatic rings. The Morgan fingerprint density at radius 2 is 2.21 bits per heavy atom. The van der Waals surface area contributed by atoms with Crippen molar-refractivity contribution in [3.8, 4) is 0 Å². The van der Waals surface area contributed by atoms with Gasteiger partial charge in [0.2, 0.25) is 10.0 Å². The number of nitrogens with one attached hydrogen (secondary N) is 1. The molecule has 1 atom stereocenters. The quantitative estimate of drug-likeness (QED) is 0.880. The number of aromatic nitrogens is 1. The fraction of sp³-hybridized carbons (Fsp3) is 0.250. The lowest BCUT2D eigenvalue weighted by molar-refractivity contribution is 0.282. The largest absolute Gasteiger partial charge is 0.391 e. The van der Waals surface area contributed by atoms with Crippen LogP contribution in [0, 0.1) is 0 Å². The lowest BCUT2D eigenvalue weighted by Gasteiger charge is -2.13. The normalized spacial score (nSPS) is 13.4. The first-order valence-corrected chi connectivity index (χ1v) is 8.01. The first-order chi connectivity index (χ1) is 9.04. The summed E-state index contributed by atoms with van der Waals surface area (Å²) in [5, 5.41) is 10.8. The minimum atomic E-state index is -3.65. The number of thiophene rings is 1. The number of hydrogen-bond donors (Lipinski definition) is 2. The van der Waals surface area contributed by atoms with Crippen LogP contribution in [0.2, 0.25) is 0 Å². The zero-order valence-electron chi connectivity index (χ0n) is 10.3. The van der Waals surface area contributed by atoms with E-state index >= 15 is 0 Å². The lowest BCUT2D eigenvalue weighted by atomic mass is 10.2. The number of nitrogens with zero attached hydrogens (tertiary/aromatic N) is 1. The van der Waals surface area contributed by atoms with E-state index in [-0.39, 0.29) is 11.5 Å². The summed E-state index contributed by atoms with van der Waals surface area (Å²) in [5.41, 5.74) is 0.645. The molecule has 0 amide bonds. The van der Waals surface area contributed by atoms with Gasteiger partial charge in [0.25, 0.3) is 0 Å². The summed E-state index contributed by atoms with van der Waals surface area (Å²) in [7, 11) is -3.65. The summed E-state index contributed by atoms with van der Waals surface area (Å²) in [6.45, 7) is 1.44. The molecule has 0 spiro atoms. The van der Waals surface area contributed by atoms with Gasteiger partial charge in [0, 0.05) is 11.1 Å². The van der Waals surface area contributed by atoms with Gasteiger partial charge in [-0.1, -0.05) is 6.07 Å². The predicted molar refractivity (Wildman–Crippen MR) is 73.2 cm³/mol. The summed E-state index contributed by atoms with van der Waals surface area (Å²) in [4.78, 5) is 4.67. The lowest BCUT2D eigenvalue weighted by Crippen LogP contribution is -2.27. The molecule has 19 heavy (non-hydrogen) atoms. The second-order valence-electron chi connectivity index (χ2n) is 3.96. The van der Waals surface area contributed by atoms with Crippen LogP contribution >= 0.6 is 11.3 Å². The molecule has 0 radical (unpaired) electrons. The average Bonchev–Trinajstić information content (AvgIpc) is 2.88. The second kappa shape index (κ2) is 5.79. The van der Waals surface area contributed by atoms with Crippen molar-refractivity contribution < 1.29 is 13.5 Å². The molecule has 2 heterocycles. The molecule has 0 aliphatic carbocycles. The Morgan fingerprint density at radius 1 is 1.42 bits per heavy atom. The third-order valence-corrected chi connectivity index (χ3v) is 5.26. The average molecular weight is 298 g/mol. The van der Waals surface area contributed by atoms with Crippen LogP contribution in [0.25, 0.3) is 0 Å². The van der Waals surface area contributed by atoms with E-state index in [0.717, 1.165) is 0 Å². The molecule has 0 saturated carbocycles. The molecular formula is C12H14N2O3S2. The van der Waals surface area contributed by atoms with Gasteiger partial charge >= 0.3 is 0 Å². The van der Waals surface area contributed by atoms with E-state index in [1.807, 2.05) is 0 Å². The highest BCUT2D eigenvalue weighted by Gasteiger charge is 2.22. The molecule has 2 aromatic heterocycles. The van der Waals surface area contributed by atoms with Crippen LogP contribution in [0.1, 0.15) is 23.5 Å². The summed E-state index contributed by atoms with van der Waals surface area (Å²) >= 11 is 1.21. The van der Waals surface area contributed by atoms with E-state index in [9.17, 15) is 8.42 Å². The zero-order chi connectivity index (χ0) is 13.9. The highest BCUT2D eigenvalue weighted by Crippen LogP contribution is 2.23. The van der Waals surface area contributed by atoms with Gasteiger partial charge in [0.05, 0.1) is 23.2 Å². The van der Waals surface area contributed by atoms with Crippen molar-refractivity contribution in [3.05, 3.63) is 46.4 Å². The van der Waals surface area contributed by atoms with Gasteiger partial charge in [-0.25, -0.2) is 13.1 Å². The van der Waals surface area contributed by atoms with Crippen molar-refractivity contribution >= 4 is 21.4 Å². The molecule has 1 unspecified atom stereocenters. The number of aliphatic hydroxyl groups is 1. The van der Waals surface area contributed by atoms with Gasteiger partial charge in [0.1, 0.15) is 0 Å². The molecule has 2 rings (SSSR count). The molecule has 102 valence electrons. The highest BCUT2D eigenvalue weighted by atomic mass is 32.2. The second-order valence-corrected chi connectivity index (χ2v) is 6.65. The van der Waals surface area contributed by atoms with Crippen molar-refractivity contribution in [2.75, 3.05) is 0 Å². The first-order valence-electron chi connectivity index (χ1n) is 5.65. The number of sulfonamides is 1. The number of pyridine rings is 1. The predicted octanol–water partition coefficient (Wildman–Crippen LogP) is 1.67. The SMILES string of the molecule is CC(NS(=O)(=O)c1ccsc1CO)c1ccccn1. The molecule has 2 N–H and O–H groups in total. The van der Waals surface area contributed by atoms with Crippen LogP contribution in [-0.4, -0.2) is 18.5 Å². The van der Waals surface area contributed by atoms with Crippen LogP contribution in [0.4, 0.5) is 0 Å². The summed E-state index contributed by atoms with van der Waals surface area (Å²) in [6.07, 6.45) is 1.61. The van der Waals surface area contributed by atoms with Gasteiger partial charge < -0.3 is 5.11 Å². The van der Waals surface area contributed by atoms with E-state index in [0.29, 0.717) is 10.6 Å². The summed E-state index contributed by atoms with van der Waals surface area (Å²) < 4.78 is 27.0. The van der Waals surface area contributed by atoms with Gasteiger partial charge in [-0.3, -0.25) is 4.98 Å². The molecule has 7 heteroatoms. The fourth-order valence-corrected chi connectivity index (χ4v) is 4.18. The fourth-order valence-electron chi connectivity index (χ4n) is 1.67. The molecule has 0 saturated heterocycles. The Morgan fingerprint density at radius 3 is 2.84 bits per heavy atom. The maximum atomic E-state index is 12.2. The monoisotopic (exact) mass is 298 g/mol. The Hall–Kier alpha value is -1.28. The Kier molecular flexibility index (Phi) is 4.31. The summed E-state index contributed by atoms with van der Waals surface area (Å²) in [5.74, 6) is 0. The number of aliphatic hydroxyl groups excluding tert-OH is 1. The minimum absolute atomic E-state index is 0.128. The van der Waals surface area contributed by atoms with Gasteiger partial charge in [-0.05, 0) is 30.5 Å². The van der Waals surface area contributed by atoms with Crippen LogP contribution in [0.3, 0.4) is 0 Å². The molecule has 0 bridgehead atoms. The summed E-state index contributed by atoms with van der Waals surface area (Å²) in [6, 6.07) is 6.39. The third-order valence-electron chi connectivity index (χ3n) is 2.60. The molecular weight excluding hydrogens is 284 g/mol. The molecule has 0 aromatic carbocycles. The van der Waals surface area contributed by atoms with E-state index < -0.39 is 16.1 Å². The standard InChI is InChI=1S/C12H14N2O3S2/c1-9(10-4-2-3-6-13-10)14-19(16,17)12-5-7-18-11(12)8-15/h2-7,9,14-15H,8H2,1H3. The van der Waals surface area contributed by atoms with E-state index in [1.54, 1.807) is 36.7 Å². The van der Waals surface area contributed by atoms with Gasteiger partial charge in [0.15, 0.2) is 0 Å². The minimum Gasteiger partial charge on any atom is -0.391 e. The Balaban J connectivity index is 2.23. The van der Waals surface area contributed by atoms with Crippen LogP contribution in [0.5, 0.6) is 0 Å². The maximum Gasteiger partial charge on any atom is 0.242 e. The molecule has 0 aliphatic rings. The van der Waals surface area contributed by atoms with Crippen molar-refractivity contribution in [2.24, 2.45) is 0 Å². The van der Waals surface area contributed by atoms with E-state index in [4.69, 9.17) is 5.11 Å². The first kappa shape index (κ1) is 14.1. The van der Waals surface area contributed by atoms with Gasteiger partial charge in [-0.2, -0.15) is 0 Å². The molecule has 0 aliphatic heterocycles. The van der Waals surface area contributed by atoms with Crippen molar-refractivity contribution in [1.82, 2.24) is 9.71 Å². The Labute approximate surface area is 116 Å². The van der Waals surface area contributed by atoms with E-state index in [1.165, 1.54) is 17.4 Å². The van der Waals surface area contributed by atoms with E-state index in [2.05, 4.69) is 9.71 Å². The Bertz CT molecular complexity index is 638. The van der Waals surface area contributed by atoms with Crippen molar-refractivity contribution in [1.29, 1.82) is 0 Å². The topological polar surface area (TPSA) is 79.3 Å². The number of rotatable bonds is 5. The highest BCUT2D eigenvalue weighted by molar-refractivity contribution is 7.89. The number of hydrogen-bond acceptors (Lipinski definition) is 5. The van der Waals surface area contributed by atoms with Crippen molar-refractivity contribution in [2.45, 2.75) is 24.5 Å². The van der Waals surface area contributed by atoms with Gasteiger partial charge in [-0.15, -0.1) is 11.3 Å². The molecule has 5 nitrogen and oxygen atoms in total. The van der Waals surface area contributed by atoms with Crippen molar-refractivity contribution in [3.63, 3.8) is 0 Å². The smallest absolute Gasteiger partial charge is 0.242 e. The van der Waals surface area contributed by atoms with Crippen LogP contribution in [0.15, 0.2) is 40.7 Å². The molecule has 0 fully saturated rings.